The second kappa shape index (κ2) is 8.69. The Balaban J connectivity index is 1.70. The summed E-state index contributed by atoms with van der Waals surface area (Å²) >= 11 is 0. The lowest BCUT2D eigenvalue weighted by Crippen LogP contribution is -2.35. The number of fused-ring (bicyclic) bond motifs is 1. The number of amides is 1. The molecule has 0 bridgehead atoms. The molecule has 1 N–H and O–H groups in total. The molecule has 1 atom stereocenters. The summed E-state index contributed by atoms with van der Waals surface area (Å²) in [5.41, 5.74) is 2.20. The molecule has 0 unspecified atom stereocenters. The smallest absolute Gasteiger partial charge is 0.224 e. The third-order valence-electron chi connectivity index (χ3n) is 4.82. The van der Waals surface area contributed by atoms with Gasteiger partial charge in [-0.1, -0.05) is 54.6 Å². The van der Waals surface area contributed by atoms with Crippen LogP contribution in [0, 0.1) is 0 Å². The Kier molecular flexibility index (Phi) is 6.09. The lowest BCUT2D eigenvalue weighted by molar-refractivity contribution is -0.120. The van der Waals surface area contributed by atoms with Gasteiger partial charge in [-0.15, -0.1) is 0 Å². The summed E-state index contributed by atoms with van der Waals surface area (Å²) < 4.78 is 5.16. The van der Waals surface area contributed by atoms with E-state index in [1.54, 1.807) is 7.11 Å². The molecule has 0 aliphatic carbocycles. The number of rotatable bonds is 7. The Bertz CT molecular complexity index is 898. The second-order valence-electron chi connectivity index (χ2n) is 6.88. The molecule has 0 aliphatic heterocycles. The summed E-state index contributed by atoms with van der Waals surface area (Å²) in [4.78, 5) is 14.6. The molecule has 4 heteroatoms. The fraction of sp³-hybridized carbons (Fsp3) is 0.261. The summed E-state index contributed by atoms with van der Waals surface area (Å²) in [6.45, 7) is 0.565. The van der Waals surface area contributed by atoms with Crippen molar-refractivity contribution in [3.8, 4) is 5.75 Å². The molecule has 0 saturated carbocycles. The van der Waals surface area contributed by atoms with Gasteiger partial charge < -0.3 is 15.0 Å². The predicted octanol–water partition coefficient (Wildman–Crippen LogP) is 3.81. The molecule has 0 heterocycles. The van der Waals surface area contributed by atoms with Crippen molar-refractivity contribution in [3.05, 3.63) is 77.9 Å². The Hall–Kier alpha value is -2.85. The topological polar surface area (TPSA) is 41.6 Å². The van der Waals surface area contributed by atoms with Crippen molar-refractivity contribution in [2.45, 2.75) is 12.5 Å². The van der Waals surface area contributed by atoms with Gasteiger partial charge in [-0.25, -0.2) is 0 Å². The van der Waals surface area contributed by atoms with Gasteiger partial charge in [-0.05, 0) is 48.1 Å². The zero-order valence-electron chi connectivity index (χ0n) is 16.1. The molecular formula is C23H26N2O2. The third-order valence-corrected chi connectivity index (χ3v) is 4.82. The monoisotopic (exact) mass is 362 g/mol. The molecule has 0 aromatic heterocycles. The van der Waals surface area contributed by atoms with Gasteiger partial charge in [0.2, 0.25) is 5.91 Å². The van der Waals surface area contributed by atoms with Crippen molar-refractivity contribution in [1.29, 1.82) is 0 Å². The molecule has 0 radical (unpaired) electrons. The van der Waals surface area contributed by atoms with Crippen molar-refractivity contribution < 1.29 is 9.53 Å². The van der Waals surface area contributed by atoms with Crippen LogP contribution >= 0.6 is 0 Å². The highest BCUT2D eigenvalue weighted by Crippen LogP contribution is 2.26. The van der Waals surface area contributed by atoms with Crippen LogP contribution in [-0.2, 0) is 11.2 Å². The van der Waals surface area contributed by atoms with Crippen molar-refractivity contribution in [1.82, 2.24) is 10.2 Å². The van der Waals surface area contributed by atoms with E-state index in [0.29, 0.717) is 13.0 Å². The molecule has 3 rings (SSSR count). The summed E-state index contributed by atoms with van der Waals surface area (Å²) in [7, 11) is 5.72. The van der Waals surface area contributed by atoms with Gasteiger partial charge in [0.15, 0.2) is 0 Å². The minimum absolute atomic E-state index is 0.0206. The first-order valence-electron chi connectivity index (χ1n) is 9.12. The number of nitrogens with zero attached hydrogens (tertiary/aromatic N) is 1. The molecule has 0 spiro atoms. The fourth-order valence-corrected chi connectivity index (χ4v) is 3.31. The van der Waals surface area contributed by atoms with Gasteiger partial charge in [0.25, 0.3) is 0 Å². The third kappa shape index (κ3) is 4.66. The lowest BCUT2D eigenvalue weighted by atomic mass is 9.98. The second-order valence-corrected chi connectivity index (χ2v) is 6.88. The Morgan fingerprint density at radius 1 is 1.00 bits per heavy atom. The van der Waals surface area contributed by atoms with Gasteiger partial charge in [-0.2, -0.15) is 0 Å². The first kappa shape index (κ1) is 18.9. The quantitative estimate of drug-likeness (QED) is 0.695. The first-order chi connectivity index (χ1) is 13.1. The van der Waals surface area contributed by atoms with E-state index in [0.717, 1.165) is 11.3 Å². The van der Waals surface area contributed by atoms with Crippen LogP contribution in [0.25, 0.3) is 10.8 Å². The summed E-state index contributed by atoms with van der Waals surface area (Å²) in [6.07, 6.45) is 0.361. The summed E-state index contributed by atoms with van der Waals surface area (Å²) in [6, 6.07) is 22.4. The van der Waals surface area contributed by atoms with E-state index in [1.165, 1.54) is 16.3 Å². The van der Waals surface area contributed by atoms with Crippen LogP contribution in [0.2, 0.25) is 0 Å². The number of hydrogen-bond acceptors (Lipinski definition) is 3. The van der Waals surface area contributed by atoms with Crippen molar-refractivity contribution in [2.24, 2.45) is 0 Å². The van der Waals surface area contributed by atoms with Crippen LogP contribution in [0.5, 0.6) is 5.75 Å². The molecule has 0 aliphatic rings. The van der Waals surface area contributed by atoms with Crippen LogP contribution in [0.3, 0.4) is 0 Å². The minimum atomic E-state index is 0.0206. The molecule has 1 amide bonds. The highest BCUT2D eigenvalue weighted by atomic mass is 16.5. The summed E-state index contributed by atoms with van der Waals surface area (Å²) in [5.74, 6) is 0.815. The molecule has 4 nitrogen and oxygen atoms in total. The van der Waals surface area contributed by atoms with E-state index >= 15 is 0 Å². The predicted molar refractivity (Wildman–Crippen MR) is 110 cm³/mol. The van der Waals surface area contributed by atoms with Gasteiger partial charge in [0.1, 0.15) is 5.75 Å². The Morgan fingerprint density at radius 3 is 2.41 bits per heavy atom. The standard InChI is InChI=1S/C23H26N2O2/c1-25(2)22(21-10-6-8-18-7-4-5-9-20(18)21)16-24-23(26)15-17-11-13-19(27-3)14-12-17/h4-14,22H,15-16H2,1-3H3,(H,24,26)/t22-/m1/s1. The van der Waals surface area contributed by atoms with Crippen LogP contribution in [-0.4, -0.2) is 38.6 Å². The van der Waals surface area contributed by atoms with Gasteiger partial charge in [-0.3, -0.25) is 4.79 Å². The Labute approximate surface area is 160 Å². The van der Waals surface area contributed by atoms with Crippen LogP contribution < -0.4 is 10.1 Å². The van der Waals surface area contributed by atoms with Crippen molar-refractivity contribution in [2.75, 3.05) is 27.7 Å². The average Bonchev–Trinajstić information content (AvgIpc) is 2.68. The molecule has 27 heavy (non-hydrogen) atoms. The van der Waals surface area contributed by atoms with E-state index in [9.17, 15) is 4.79 Å². The minimum Gasteiger partial charge on any atom is -0.497 e. The molecule has 0 saturated heterocycles. The highest BCUT2D eigenvalue weighted by Gasteiger charge is 2.17. The molecule has 3 aromatic rings. The normalized spacial score (nSPS) is 12.1. The number of ether oxygens (including phenoxy) is 1. The van der Waals surface area contributed by atoms with Crippen LogP contribution in [0.1, 0.15) is 17.2 Å². The maximum absolute atomic E-state index is 12.4. The lowest BCUT2D eigenvalue weighted by Gasteiger charge is -2.26. The number of benzene rings is 3. The maximum Gasteiger partial charge on any atom is 0.224 e. The Morgan fingerprint density at radius 2 is 1.70 bits per heavy atom. The highest BCUT2D eigenvalue weighted by molar-refractivity contribution is 5.86. The number of likely N-dealkylation sites (N-methyl/N-ethyl adjacent to an activating group) is 1. The zero-order chi connectivity index (χ0) is 19.2. The van der Waals surface area contributed by atoms with E-state index in [-0.39, 0.29) is 11.9 Å². The SMILES string of the molecule is COc1ccc(CC(=O)NC[C@H](c2cccc3ccccc23)N(C)C)cc1. The van der Waals surface area contributed by atoms with E-state index < -0.39 is 0 Å². The van der Waals surface area contributed by atoms with E-state index in [4.69, 9.17) is 4.74 Å². The average molecular weight is 362 g/mol. The zero-order valence-corrected chi connectivity index (χ0v) is 16.1. The number of carbonyl (C=O) groups is 1. The number of nitrogens with one attached hydrogen (secondary N) is 1. The van der Waals surface area contributed by atoms with Crippen LogP contribution in [0.15, 0.2) is 66.7 Å². The van der Waals surface area contributed by atoms with E-state index in [2.05, 4.69) is 46.6 Å². The van der Waals surface area contributed by atoms with Crippen LogP contribution in [0.4, 0.5) is 0 Å². The van der Waals surface area contributed by atoms with E-state index in [1.807, 2.05) is 44.4 Å². The molecule has 140 valence electrons. The van der Waals surface area contributed by atoms with Crippen molar-refractivity contribution >= 4 is 16.7 Å². The van der Waals surface area contributed by atoms with Gasteiger partial charge >= 0.3 is 0 Å². The fourth-order valence-electron chi connectivity index (χ4n) is 3.31. The number of methoxy groups -OCH3 is 1. The number of hydrogen-bond donors (Lipinski definition) is 1. The molecule has 0 fully saturated rings. The van der Waals surface area contributed by atoms with Gasteiger partial charge in [0.05, 0.1) is 19.6 Å². The molecular weight excluding hydrogens is 336 g/mol. The largest absolute Gasteiger partial charge is 0.497 e. The maximum atomic E-state index is 12.4. The molecule has 3 aromatic carbocycles. The van der Waals surface area contributed by atoms with Gasteiger partial charge in [0, 0.05) is 6.54 Å². The van der Waals surface area contributed by atoms with Crippen molar-refractivity contribution in [3.63, 3.8) is 0 Å². The first-order valence-corrected chi connectivity index (χ1v) is 9.12. The number of carbonyl (C=O) groups excluding carboxylic acids is 1. The summed E-state index contributed by atoms with van der Waals surface area (Å²) in [5, 5.41) is 5.53.